The van der Waals surface area contributed by atoms with Crippen molar-refractivity contribution in [2.75, 3.05) is 6.61 Å². The number of halogens is 3. The minimum atomic E-state index is -2.67. The summed E-state index contributed by atoms with van der Waals surface area (Å²) in [5.74, 6) is -0.458. The Morgan fingerprint density at radius 3 is 2.71 bits per heavy atom. The second-order valence-electron chi connectivity index (χ2n) is 3.38. The third-order valence-corrected chi connectivity index (χ3v) is 2.41. The molecule has 0 radical (unpaired) electrons. The molecular formula is C11H12ClF2NO2. The molecule has 0 aliphatic heterocycles. The number of nitrogens with zero attached hydrogens (tertiary/aromatic N) is 1. The second-order valence-corrected chi connectivity index (χ2v) is 3.78. The summed E-state index contributed by atoms with van der Waals surface area (Å²) in [6.45, 7) is 3.38. The highest BCUT2D eigenvalue weighted by Gasteiger charge is 2.18. The molecule has 1 aromatic heterocycles. The largest absolute Gasteiger partial charge is 0.466 e. The van der Waals surface area contributed by atoms with Crippen LogP contribution in [0.3, 0.4) is 0 Å². The van der Waals surface area contributed by atoms with E-state index in [0.717, 1.165) is 0 Å². The van der Waals surface area contributed by atoms with Gasteiger partial charge in [0.25, 0.3) is 6.43 Å². The summed E-state index contributed by atoms with van der Waals surface area (Å²) in [5.41, 5.74) is 0.168. The van der Waals surface area contributed by atoms with Crippen LogP contribution < -0.4 is 0 Å². The smallest absolute Gasteiger partial charge is 0.311 e. The normalized spacial score (nSPS) is 10.7. The zero-order valence-corrected chi connectivity index (χ0v) is 10.2. The number of rotatable bonds is 4. The van der Waals surface area contributed by atoms with Crippen molar-refractivity contribution in [3.05, 3.63) is 28.0 Å². The van der Waals surface area contributed by atoms with Crippen LogP contribution in [-0.4, -0.2) is 17.6 Å². The Hall–Kier alpha value is -1.23. The maximum atomic E-state index is 12.6. The van der Waals surface area contributed by atoms with E-state index in [1.807, 2.05) is 0 Å². The third-order valence-electron chi connectivity index (χ3n) is 2.10. The third kappa shape index (κ3) is 3.63. The van der Waals surface area contributed by atoms with Crippen LogP contribution in [0.15, 0.2) is 6.07 Å². The van der Waals surface area contributed by atoms with Gasteiger partial charge in [0.2, 0.25) is 0 Å². The fourth-order valence-corrected chi connectivity index (χ4v) is 1.76. The Morgan fingerprint density at radius 1 is 1.59 bits per heavy atom. The Kier molecular flexibility index (Phi) is 4.81. The van der Waals surface area contributed by atoms with Gasteiger partial charge < -0.3 is 4.74 Å². The van der Waals surface area contributed by atoms with Gasteiger partial charge in [-0.15, -0.1) is 0 Å². The second kappa shape index (κ2) is 5.91. The predicted molar refractivity (Wildman–Crippen MR) is 59.3 cm³/mol. The molecule has 0 N–H and O–H groups in total. The molecule has 0 saturated heterocycles. The van der Waals surface area contributed by atoms with E-state index >= 15 is 0 Å². The number of carbonyl (C=O) groups excluding carboxylic acids is 1. The number of ether oxygens (including phenoxy) is 1. The maximum Gasteiger partial charge on any atom is 0.311 e. The molecule has 1 heterocycles. The highest BCUT2D eigenvalue weighted by Crippen LogP contribution is 2.29. The molecule has 1 rings (SSSR count). The summed E-state index contributed by atoms with van der Waals surface area (Å²) < 4.78 is 29.9. The van der Waals surface area contributed by atoms with Crippen LogP contribution >= 0.6 is 11.6 Å². The zero-order chi connectivity index (χ0) is 13.0. The van der Waals surface area contributed by atoms with Crippen molar-refractivity contribution in [1.82, 2.24) is 4.98 Å². The molecule has 0 bridgehead atoms. The van der Waals surface area contributed by atoms with Crippen molar-refractivity contribution in [1.29, 1.82) is 0 Å². The molecule has 17 heavy (non-hydrogen) atoms. The number of aryl methyl sites for hydroxylation is 1. The van der Waals surface area contributed by atoms with Crippen molar-refractivity contribution in [3.8, 4) is 0 Å². The quantitative estimate of drug-likeness (QED) is 0.784. The average molecular weight is 264 g/mol. The van der Waals surface area contributed by atoms with Crippen LogP contribution in [0.25, 0.3) is 0 Å². The Balaban J connectivity index is 2.94. The Labute approximate surface area is 103 Å². The number of pyridine rings is 1. The number of esters is 1. The highest BCUT2D eigenvalue weighted by atomic mass is 35.5. The lowest BCUT2D eigenvalue weighted by Gasteiger charge is -2.09. The van der Waals surface area contributed by atoms with Crippen molar-refractivity contribution in [2.24, 2.45) is 0 Å². The topological polar surface area (TPSA) is 39.2 Å². The van der Waals surface area contributed by atoms with Crippen molar-refractivity contribution in [2.45, 2.75) is 26.7 Å². The van der Waals surface area contributed by atoms with Crippen LogP contribution in [0.4, 0.5) is 8.78 Å². The molecular weight excluding hydrogens is 252 g/mol. The van der Waals surface area contributed by atoms with Crippen molar-refractivity contribution < 1.29 is 18.3 Å². The van der Waals surface area contributed by atoms with Crippen molar-refractivity contribution in [3.63, 3.8) is 0 Å². The van der Waals surface area contributed by atoms with E-state index in [1.165, 1.54) is 13.0 Å². The van der Waals surface area contributed by atoms with E-state index in [4.69, 9.17) is 16.3 Å². The first-order chi connectivity index (χ1) is 7.95. The lowest BCUT2D eigenvalue weighted by Crippen LogP contribution is -2.10. The van der Waals surface area contributed by atoms with Crippen LogP contribution in [0.1, 0.15) is 30.3 Å². The molecule has 0 amide bonds. The summed E-state index contributed by atoms with van der Waals surface area (Å²) in [6.07, 6.45) is -2.75. The lowest BCUT2D eigenvalue weighted by atomic mass is 10.1. The van der Waals surface area contributed by atoms with E-state index in [-0.39, 0.29) is 29.3 Å². The average Bonchev–Trinajstić information content (AvgIpc) is 2.15. The van der Waals surface area contributed by atoms with Gasteiger partial charge in [-0.05, 0) is 19.9 Å². The van der Waals surface area contributed by atoms with Gasteiger partial charge in [0.05, 0.1) is 29.3 Å². The number of alkyl halides is 2. The molecule has 0 spiro atoms. The first-order valence-electron chi connectivity index (χ1n) is 5.05. The first-order valence-corrected chi connectivity index (χ1v) is 5.43. The van der Waals surface area contributed by atoms with Crippen molar-refractivity contribution >= 4 is 17.6 Å². The van der Waals surface area contributed by atoms with Crippen LogP contribution in [-0.2, 0) is 16.0 Å². The van der Waals surface area contributed by atoms with Gasteiger partial charge in [-0.3, -0.25) is 9.78 Å². The van der Waals surface area contributed by atoms with E-state index in [9.17, 15) is 13.6 Å². The van der Waals surface area contributed by atoms with Gasteiger partial charge in [0.15, 0.2) is 0 Å². The fraction of sp³-hybridized carbons (Fsp3) is 0.455. The SMILES string of the molecule is CCOC(=O)Cc1cc(Cl)c(C(F)F)c(C)n1. The monoisotopic (exact) mass is 263 g/mol. The van der Waals surface area contributed by atoms with E-state index in [1.54, 1.807) is 6.92 Å². The number of aromatic nitrogens is 1. The maximum absolute atomic E-state index is 12.6. The first kappa shape index (κ1) is 13.8. The van der Waals surface area contributed by atoms with Gasteiger partial charge >= 0.3 is 5.97 Å². The molecule has 0 unspecified atom stereocenters. The molecule has 0 aromatic carbocycles. The summed E-state index contributed by atoms with van der Waals surface area (Å²) in [7, 11) is 0. The van der Waals surface area contributed by atoms with Gasteiger partial charge in [-0.1, -0.05) is 11.6 Å². The number of hydrogen-bond donors (Lipinski definition) is 0. The summed E-state index contributed by atoms with van der Waals surface area (Å²) in [5, 5.41) is -0.0770. The molecule has 0 aliphatic rings. The number of carbonyl (C=O) groups is 1. The van der Waals surface area contributed by atoms with Crippen LogP contribution in [0.5, 0.6) is 0 Å². The standard InChI is InChI=1S/C11H12ClF2NO2/c1-3-17-9(16)5-7-4-8(12)10(11(13)14)6(2)15-7/h4,11H,3,5H2,1-2H3. The fourth-order valence-electron chi connectivity index (χ4n) is 1.42. The molecule has 1 aromatic rings. The zero-order valence-electron chi connectivity index (χ0n) is 9.47. The predicted octanol–water partition coefficient (Wildman–Crippen LogP) is 3.09. The van der Waals surface area contributed by atoms with E-state index in [2.05, 4.69) is 4.98 Å². The van der Waals surface area contributed by atoms with Gasteiger partial charge in [-0.2, -0.15) is 0 Å². The Bertz CT molecular complexity index is 401. The molecule has 3 nitrogen and oxygen atoms in total. The lowest BCUT2D eigenvalue weighted by molar-refractivity contribution is -0.142. The minimum Gasteiger partial charge on any atom is -0.466 e. The van der Waals surface area contributed by atoms with E-state index in [0.29, 0.717) is 5.69 Å². The summed E-state index contributed by atoms with van der Waals surface area (Å²) in [6, 6.07) is 1.27. The molecule has 0 atom stereocenters. The highest BCUT2D eigenvalue weighted by molar-refractivity contribution is 6.31. The van der Waals surface area contributed by atoms with Crippen LogP contribution in [0.2, 0.25) is 5.02 Å². The number of hydrogen-bond acceptors (Lipinski definition) is 3. The van der Waals surface area contributed by atoms with Crippen LogP contribution in [0, 0.1) is 6.92 Å². The molecule has 6 heteroatoms. The minimum absolute atomic E-state index is 0.0715. The molecule has 0 saturated carbocycles. The summed E-state index contributed by atoms with van der Waals surface area (Å²) in [4.78, 5) is 15.1. The Morgan fingerprint density at radius 2 is 2.24 bits per heavy atom. The van der Waals surface area contributed by atoms with E-state index < -0.39 is 12.4 Å². The van der Waals surface area contributed by atoms with Gasteiger partial charge in [0.1, 0.15) is 0 Å². The summed E-state index contributed by atoms with van der Waals surface area (Å²) >= 11 is 5.72. The van der Waals surface area contributed by atoms with Gasteiger partial charge in [0, 0.05) is 5.69 Å². The molecule has 94 valence electrons. The molecule has 0 fully saturated rings. The molecule has 0 aliphatic carbocycles. The van der Waals surface area contributed by atoms with Gasteiger partial charge in [-0.25, -0.2) is 8.78 Å².